The molecule has 0 unspecified atom stereocenters. The second kappa shape index (κ2) is 17.8. The Morgan fingerprint density at radius 2 is 0.741 bits per heavy atom. The minimum absolute atomic E-state index is 0.277. The van der Waals surface area contributed by atoms with Crippen molar-refractivity contribution in [2.75, 3.05) is 13.2 Å². The maximum atomic E-state index is 11.2. The summed E-state index contributed by atoms with van der Waals surface area (Å²) in [6.07, 6.45) is 15.7. The van der Waals surface area contributed by atoms with Crippen molar-refractivity contribution < 1.29 is 19.1 Å². The summed E-state index contributed by atoms with van der Waals surface area (Å²) in [4.78, 5) is 22.4. The Kier molecular flexibility index (Phi) is 16.8. The van der Waals surface area contributed by atoms with E-state index >= 15 is 0 Å². The van der Waals surface area contributed by atoms with Gasteiger partial charge in [0, 0.05) is 11.1 Å². The van der Waals surface area contributed by atoms with Gasteiger partial charge in [-0.2, -0.15) is 0 Å². The number of unbranched alkanes of at least 4 members (excludes halogenated alkanes) is 12. The number of ether oxygens (including phenoxy) is 2. The predicted octanol–water partition coefficient (Wildman–Crippen LogP) is 6.30. The third kappa shape index (κ3) is 17.6. The number of hydrogen-bond acceptors (Lipinski definition) is 4. The molecule has 156 valence electrons. The van der Waals surface area contributed by atoms with Crippen LogP contribution in [0.1, 0.15) is 97.3 Å². The smallest absolute Gasteiger partial charge is 0.333 e. The lowest BCUT2D eigenvalue weighted by molar-refractivity contribution is -0.139. The zero-order valence-corrected chi connectivity index (χ0v) is 17.7. The minimum atomic E-state index is -0.277. The maximum absolute atomic E-state index is 11.2. The average molecular weight is 381 g/mol. The fourth-order valence-corrected chi connectivity index (χ4v) is 2.72. The highest BCUT2D eigenvalue weighted by Gasteiger charge is 2.02. The molecule has 0 fully saturated rings. The lowest BCUT2D eigenvalue weighted by Crippen LogP contribution is -2.05. The summed E-state index contributed by atoms with van der Waals surface area (Å²) in [6.45, 7) is 11.5. The van der Waals surface area contributed by atoms with E-state index in [2.05, 4.69) is 13.2 Å². The third-order valence-corrected chi connectivity index (χ3v) is 4.45. The number of hydrogen-bond donors (Lipinski definition) is 0. The van der Waals surface area contributed by atoms with Gasteiger partial charge in [0.05, 0.1) is 13.2 Å². The summed E-state index contributed by atoms with van der Waals surface area (Å²) in [5.41, 5.74) is 0.943. The summed E-state index contributed by atoms with van der Waals surface area (Å²) < 4.78 is 10.1. The maximum Gasteiger partial charge on any atom is 0.333 e. The van der Waals surface area contributed by atoms with Crippen molar-refractivity contribution in [3.05, 3.63) is 24.3 Å². The summed E-state index contributed by atoms with van der Waals surface area (Å²) in [5, 5.41) is 0. The standard InChI is InChI=1S/C23H40O4/c1-20(2)22(24)26-18-16-14-12-10-8-6-5-7-9-11-13-15-17-19-27-23(25)21(3)4/h1,3,5-19H2,2,4H3. The molecule has 0 N–H and O–H groups in total. The van der Waals surface area contributed by atoms with Gasteiger partial charge < -0.3 is 9.47 Å². The van der Waals surface area contributed by atoms with Gasteiger partial charge in [0.2, 0.25) is 0 Å². The molecule has 0 aromatic carbocycles. The van der Waals surface area contributed by atoms with Crippen LogP contribution in [-0.2, 0) is 19.1 Å². The van der Waals surface area contributed by atoms with Gasteiger partial charge in [-0.1, -0.05) is 83.8 Å². The van der Waals surface area contributed by atoms with Gasteiger partial charge in [0.25, 0.3) is 0 Å². The Morgan fingerprint density at radius 3 is 0.963 bits per heavy atom. The lowest BCUT2D eigenvalue weighted by atomic mass is 10.0. The van der Waals surface area contributed by atoms with Crippen LogP contribution in [0.3, 0.4) is 0 Å². The first-order valence-corrected chi connectivity index (χ1v) is 10.6. The predicted molar refractivity (Wildman–Crippen MR) is 112 cm³/mol. The van der Waals surface area contributed by atoms with E-state index in [0.29, 0.717) is 24.4 Å². The monoisotopic (exact) mass is 380 g/mol. The lowest BCUT2D eigenvalue weighted by Gasteiger charge is -2.05. The summed E-state index contributed by atoms with van der Waals surface area (Å²) in [6, 6.07) is 0. The first kappa shape index (κ1) is 25.4. The molecule has 0 atom stereocenters. The van der Waals surface area contributed by atoms with Gasteiger partial charge in [-0.25, -0.2) is 9.59 Å². The zero-order chi connectivity index (χ0) is 20.3. The highest BCUT2D eigenvalue weighted by Crippen LogP contribution is 2.12. The van der Waals surface area contributed by atoms with E-state index < -0.39 is 0 Å². The topological polar surface area (TPSA) is 52.6 Å². The van der Waals surface area contributed by atoms with Crippen LogP contribution in [0.2, 0.25) is 0 Å². The average Bonchev–Trinajstić information content (AvgIpc) is 2.63. The van der Waals surface area contributed by atoms with Crippen molar-refractivity contribution in [3.63, 3.8) is 0 Å². The molecule has 0 aliphatic carbocycles. The molecule has 27 heavy (non-hydrogen) atoms. The Morgan fingerprint density at radius 1 is 0.519 bits per heavy atom. The van der Waals surface area contributed by atoms with Crippen LogP contribution in [0.5, 0.6) is 0 Å². The third-order valence-electron chi connectivity index (χ3n) is 4.45. The Labute approximate surface area is 166 Å². The molecule has 4 nitrogen and oxygen atoms in total. The summed E-state index contributed by atoms with van der Waals surface area (Å²) >= 11 is 0. The SMILES string of the molecule is C=C(C)C(=O)OCCCCCCCCCCCCCCCOC(=O)C(=C)C. The molecular formula is C23H40O4. The summed E-state index contributed by atoms with van der Waals surface area (Å²) in [5.74, 6) is -0.553. The van der Waals surface area contributed by atoms with Crippen LogP contribution >= 0.6 is 0 Å². The first-order valence-electron chi connectivity index (χ1n) is 10.6. The number of carbonyl (C=O) groups is 2. The largest absolute Gasteiger partial charge is 0.462 e. The van der Waals surface area contributed by atoms with Crippen LogP contribution < -0.4 is 0 Å². The Bertz CT molecular complexity index is 400. The van der Waals surface area contributed by atoms with Gasteiger partial charge in [-0.15, -0.1) is 0 Å². The van der Waals surface area contributed by atoms with E-state index in [1.165, 1.54) is 57.8 Å². The van der Waals surface area contributed by atoms with Crippen molar-refractivity contribution in [1.82, 2.24) is 0 Å². The fraction of sp³-hybridized carbons (Fsp3) is 0.739. The second-order valence-corrected chi connectivity index (χ2v) is 7.43. The van der Waals surface area contributed by atoms with E-state index in [1.54, 1.807) is 13.8 Å². The van der Waals surface area contributed by atoms with Crippen LogP contribution in [0.15, 0.2) is 24.3 Å². The molecule has 0 spiro atoms. The summed E-state index contributed by atoms with van der Waals surface area (Å²) in [7, 11) is 0. The van der Waals surface area contributed by atoms with Crippen molar-refractivity contribution in [3.8, 4) is 0 Å². The van der Waals surface area contributed by atoms with E-state index in [1.807, 2.05) is 0 Å². The van der Waals surface area contributed by atoms with Crippen LogP contribution in [0.25, 0.3) is 0 Å². The van der Waals surface area contributed by atoms with Gasteiger partial charge >= 0.3 is 11.9 Å². The van der Waals surface area contributed by atoms with E-state index in [9.17, 15) is 9.59 Å². The Balaban J connectivity index is 3.15. The molecular weight excluding hydrogens is 340 g/mol. The van der Waals surface area contributed by atoms with Gasteiger partial charge in [-0.05, 0) is 26.7 Å². The quantitative estimate of drug-likeness (QED) is 0.159. The van der Waals surface area contributed by atoms with Crippen molar-refractivity contribution in [2.45, 2.75) is 97.3 Å². The number of esters is 2. The number of rotatable bonds is 18. The highest BCUT2D eigenvalue weighted by atomic mass is 16.5. The molecule has 0 aliphatic heterocycles. The van der Waals surface area contributed by atoms with Crippen LogP contribution in [-0.4, -0.2) is 25.2 Å². The van der Waals surface area contributed by atoms with Crippen molar-refractivity contribution in [2.24, 2.45) is 0 Å². The van der Waals surface area contributed by atoms with E-state index in [0.717, 1.165) is 25.7 Å². The van der Waals surface area contributed by atoms with Crippen LogP contribution in [0.4, 0.5) is 0 Å². The van der Waals surface area contributed by atoms with Crippen LogP contribution in [0, 0.1) is 0 Å². The van der Waals surface area contributed by atoms with E-state index in [-0.39, 0.29) is 11.9 Å². The zero-order valence-electron chi connectivity index (χ0n) is 17.7. The van der Waals surface area contributed by atoms with Crippen molar-refractivity contribution in [1.29, 1.82) is 0 Å². The molecule has 0 aromatic rings. The normalized spacial score (nSPS) is 10.4. The highest BCUT2D eigenvalue weighted by molar-refractivity contribution is 5.87. The molecule has 0 bridgehead atoms. The fourth-order valence-electron chi connectivity index (χ4n) is 2.72. The van der Waals surface area contributed by atoms with Gasteiger partial charge in [0.15, 0.2) is 0 Å². The van der Waals surface area contributed by atoms with Gasteiger partial charge in [-0.3, -0.25) is 0 Å². The van der Waals surface area contributed by atoms with E-state index in [4.69, 9.17) is 9.47 Å². The first-order chi connectivity index (χ1) is 12.9. The second-order valence-electron chi connectivity index (χ2n) is 7.43. The van der Waals surface area contributed by atoms with Gasteiger partial charge in [0.1, 0.15) is 0 Å². The number of carbonyl (C=O) groups excluding carboxylic acids is 2. The molecule has 4 heteroatoms. The molecule has 0 saturated carbocycles. The Hall–Kier alpha value is -1.58. The molecule has 0 radical (unpaired) electrons. The molecule has 0 aromatic heterocycles. The van der Waals surface area contributed by atoms with Crippen molar-refractivity contribution >= 4 is 11.9 Å². The minimum Gasteiger partial charge on any atom is -0.462 e. The molecule has 0 amide bonds. The molecule has 0 aliphatic rings. The molecule has 0 rings (SSSR count). The molecule has 0 saturated heterocycles. The molecule has 0 heterocycles.